The second-order valence-electron chi connectivity index (χ2n) is 7.42. The number of hydrogen-bond donors (Lipinski definition) is 3. The maximum absolute atomic E-state index is 13.2. The molecule has 2 aromatic rings. The van der Waals surface area contributed by atoms with Crippen LogP contribution in [0.3, 0.4) is 0 Å². The highest BCUT2D eigenvalue weighted by molar-refractivity contribution is 6.09. The molecule has 0 bridgehead atoms. The molecule has 7 nitrogen and oxygen atoms in total. The van der Waals surface area contributed by atoms with Crippen LogP contribution in [0.4, 0.5) is 5.69 Å². The summed E-state index contributed by atoms with van der Waals surface area (Å²) in [6, 6.07) is 15.6. The third-order valence-corrected chi connectivity index (χ3v) is 5.27. The first-order valence-electron chi connectivity index (χ1n) is 10.2. The lowest BCUT2D eigenvalue weighted by molar-refractivity contribution is -0.142. The Morgan fingerprint density at radius 1 is 1.07 bits per heavy atom. The number of nitrogens with zero attached hydrogens (tertiary/aromatic N) is 1. The van der Waals surface area contributed by atoms with Crippen molar-refractivity contribution in [3.05, 3.63) is 65.7 Å². The van der Waals surface area contributed by atoms with E-state index < -0.39 is 5.97 Å². The SMILES string of the molecule is N=C(N)c1cccc(C(=O)N(CC(=O)OCCC2CCNCC2)c2ccccc2)c1. The summed E-state index contributed by atoms with van der Waals surface area (Å²) in [5.74, 6) is -0.336. The van der Waals surface area contributed by atoms with Gasteiger partial charge in [-0.2, -0.15) is 0 Å². The van der Waals surface area contributed by atoms with Crippen LogP contribution in [0.25, 0.3) is 0 Å². The van der Waals surface area contributed by atoms with Crippen molar-refractivity contribution >= 4 is 23.4 Å². The Balaban J connectivity index is 1.68. The highest BCUT2D eigenvalue weighted by Gasteiger charge is 2.22. The number of esters is 1. The van der Waals surface area contributed by atoms with E-state index in [4.69, 9.17) is 15.9 Å². The van der Waals surface area contributed by atoms with Gasteiger partial charge in [0.2, 0.25) is 0 Å². The van der Waals surface area contributed by atoms with Crippen LogP contribution in [0, 0.1) is 11.3 Å². The Morgan fingerprint density at radius 2 is 1.77 bits per heavy atom. The molecule has 4 N–H and O–H groups in total. The number of anilines is 1. The van der Waals surface area contributed by atoms with Crippen LogP contribution in [0.1, 0.15) is 35.2 Å². The second kappa shape index (κ2) is 10.5. The third kappa shape index (κ3) is 5.90. The zero-order valence-electron chi connectivity index (χ0n) is 17.0. The zero-order chi connectivity index (χ0) is 21.3. The molecule has 1 heterocycles. The van der Waals surface area contributed by atoms with Gasteiger partial charge < -0.3 is 15.8 Å². The molecule has 2 aromatic carbocycles. The number of para-hydroxylation sites is 1. The quantitative estimate of drug-likeness (QED) is 0.353. The topological polar surface area (TPSA) is 109 Å². The van der Waals surface area contributed by atoms with Crippen LogP contribution in [-0.2, 0) is 9.53 Å². The number of ether oxygens (including phenoxy) is 1. The Bertz CT molecular complexity index is 879. The predicted octanol–water partition coefficient (Wildman–Crippen LogP) is 2.55. The number of carbonyl (C=O) groups is 2. The van der Waals surface area contributed by atoms with Crippen molar-refractivity contribution < 1.29 is 14.3 Å². The maximum Gasteiger partial charge on any atom is 0.326 e. The molecular weight excluding hydrogens is 380 g/mol. The fraction of sp³-hybridized carbons (Fsp3) is 0.348. The van der Waals surface area contributed by atoms with E-state index in [1.165, 1.54) is 4.90 Å². The molecule has 1 amide bonds. The lowest BCUT2D eigenvalue weighted by Crippen LogP contribution is -2.37. The van der Waals surface area contributed by atoms with Crippen molar-refractivity contribution in [2.75, 3.05) is 31.1 Å². The van der Waals surface area contributed by atoms with Crippen molar-refractivity contribution in [1.82, 2.24) is 5.32 Å². The van der Waals surface area contributed by atoms with Gasteiger partial charge in [-0.25, -0.2) is 0 Å². The maximum atomic E-state index is 13.2. The number of rotatable bonds is 8. The van der Waals surface area contributed by atoms with Crippen molar-refractivity contribution in [2.24, 2.45) is 11.7 Å². The van der Waals surface area contributed by atoms with Crippen molar-refractivity contribution in [1.29, 1.82) is 5.41 Å². The van der Waals surface area contributed by atoms with Crippen molar-refractivity contribution in [3.8, 4) is 0 Å². The van der Waals surface area contributed by atoms with Gasteiger partial charge in [0.05, 0.1) is 6.61 Å². The Labute approximate surface area is 176 Å². The van der Waals surface area contributed by atoms with E-state index in [0.717, 1.165) is 32.4 Å². The smallest absolute Gasteiger partial charge is 0.326 e. The number of benzene rings is 2. The third-order valence-electron chi connectivity index (χ3n) is 5.27. The molecule has 0 aliphatic carbocycles. The van der Waals surface area contributed by atoms with E-state index in [0.29, 0.717) is 29.3 Å². The molecule has 1 aliphatic heterocycles. The number of amidine groups is 1. The fourth-order valence-corrected chi connectivity index (χ4v) is 3.55. The van der Waals surface area contributed by atoms with Gasteiger partial charge in [0, 0.05) is 16.8 Å². The van der Waals surface area contributed by atoms with Gasteiger partial charge in [-0.3, -0.25) is 19.9 Å². The van der Waals surface area contributed by atoms with Crippen LogP contribution >= 0.6 is 0 Å². The Hall–Kier alpha value is -3.19. The predicted molar refractivity (Wildman–Crippen MR) is 117 cm³/mol. The molecule has 1 aliphatic rings. The summed E-state index contributed by atoms with van der Waals surface area (Å²) in [4.78, 5) is 27.1. The van der Waals surface area contributed by atoms with Crippen LogP contribution in [-0.4, -0.2) is 44.0 Å². The number of piperidine rings is 1. The molecule has 7 heteroatoms. The fourth-order valence-electron chi connectivity index (χ4n) is 3.55. The van der Waals surface area contributed by atoms with E-state index in [1.807, 2.05) is 18.2 Å². The summed E-state index contributed by atoms with van der Waals surface area (Å²) in [5, 5.41) is 10.9. The van der Waals surface area contributed by atoms with Gasteiger partial charge in [-0.15, -0.1) is 0 Å². The average molecular weight is 409 g/mol. The number of amides is 1. The van der Waals surface area contributed by atoms with Crippen LogP contribution in [0.15, 0.2) is 54.6 Å². The summed E-state index contributed by atoms with van der Waals surface area (Å²) in [6.07, 6.45) is 3.03. The number of nitrogen functional groups attached to an aromatic ring is 1. The van der Waals surface area contributed by atoms with Gasteiger partial charge in [0.25, 0.3) is 5.91 Å². The summed E-state index contributed by atoms with van der Waals surface area (Å²) >= 11 is 0. The minimum absolute atomic E-state index is 0.117. The van der Waals surface area contributed by atoms with Gasteiger partial charge in [-0.05, 0) is 62.5 Å². The normalized spacial score (nSPS) is 14.1. The first kappa shape index (κ1) is 21.5. The van der Waals surface area contributed by atoms with E-state index in [9.17, 15) is 9.59 Å². The zero-order valence-corrected chi connectivity index (χ0v) is 17.0. The van der Waals surface area contributed by atoms with Crippen LogP contribution in [0.5, 0.6) is 0 Å². The van der Waals surface area contributed by atoms with E-state index in [-0.39, 0.29) is 18.3 Å². The van der Waals surface area contributed by atoms with E-state index in [2.05, 4.69) is 5.32 Å². The number of hydrogen-bond acceptors (Lipinski definition) is 5. The monoisotopic (exact) mass is 408 g/mol. The molecule has 0 saturated carbocycles. The molecule has 158 valence electrons. The highest BCUT2D eigenvalue weighted by atomic mass is 16.5. The molecule has 3 rings (SSSR count). The van der Waals surface area contributed by atoms with E-state index >= 15 is 0 Å². The molecule has 1 fully saturated rings. The largest absolute Gasteiger partial charge is 0.464 e. The number of carbonyl (C=O) groups excluding carboxylic acids is 2. The minimum atomic E-state index is -0.441. The minimum Gasteiger partial charge on any atom is -0.464 e. The molecule has 0 aromatic heterocycles. The average Bonchev–Trinajstić information content (AvgIpc) is 2.78. The second-order valence-corrected chi connectivity index (χ2v) is 7.42. The molecule has 0 unspecified atom stereocenters. The molecule has 0 atom stereocenters. The van der Waals surface area contributed by atoms with Gasteiger partial charge in [0.1, 0.15) is 12.4 Å². The molecule has 0 spiro atoms. The lowest BCUT2D eigenvalue weighted by Gasteiger charge is -2.24. The first-order valence-corrected chi connectivity index (χ1v) is 10.2. The Kier molecular flexibility index (Phi) is 7.57. The summed E-state index contributed by atoms with van der Waals surface area (Å²) in [6.45, 7) is 2.20. The first-order chi connectivity index (χ1) is 14.5. The van der Waals surface area contributed by atoms with Crippen molar-refractivity contribution in [3.63, 3.8) is 0 Å². The summed E-state index contributed by atoms with van der Waals surface area (Å²) in [5.41, 5.74) is 6.96. The van der Waals surface area contributed by atoms with Crippen LogP contribution in [0.2, 0.25) is 0 Å². The molecular formula is C23H28N4O3. The number of nitrogens with one attached hydrogen (secondary N) is 2. The highest BCUT2D eigenvalue weighted by Crippen LogP contribution is 2.19. The molecule has 1 saturated heterocycles. The summed E-state index contributed by atoms with van der Waals surface area (Å²) < 4.78 is 5.44. The summed E-state index contributed by atoms with van der Waals surface area (Å²) in [7, 11) is 0. The lowest BCUT2D eigenvalue weighted by atomic mass is 9.95. The number of nitrogens with two attached hydrogens (primary N) is 1. The van der Waals surface area contributed by atoms with Gasteiger partial charge in [-0.1, -0.05) is 30.3 Å². The van der Waals surface area contributed by atoms with Gasteiger partial charge >= 0.3 is 5.97 Å². The van der Waals surface area contributed by atoms with E-state index in [1.54, 1.807) is 36.4 Å². The Morgan fingerprint density at radius 3 is 2.47 bits per heavy atom. The molecule has 30 heavy (non-hydrogen) atoms. The van der Waals surface area contributed by atoms with Gasteiger partial charge in [0.15, 0.2) is 0 Å². The van der Waals surface area contributed by atoms with Crippen molar-refractivity contribution in [2.45, 2.75) is 19.3 Å². The molecule has 0 radical (unpaired) electrons. The standard InChI is InChI=1S/C23H28N4O3/c24-22(25)18-5-4-6-19(15-18)23(29)27(20-7-2-1-3-8-20)16-21(28)30-14-11-17-9-12-26-13-10-17/h1-8,15,17,26H,9-14,16H2,(H3,24,25). The van der Waals surface area contributed by atoms with Crippen LogP contribution < -0.4 is 16.0 Å².